The first-order valence-electron chi connectivity index (χ1n) is 10.8. The third kappa shape index (κ3) is 3.82. The first kappa shape index (κ1) is 21.2. The summed E-state index contributed by atoms with van der Waals surface area (Å²) in [5.74, 6) is 1.06. The van der Waals surface area contributed by atoms with Crippen LogP contribution in [0.3, 0.4) is 0 Å². The molecular weight excluding hydrogens is 428 g/mol. The fourth-order valence-corrected chi connectivity index (χ4v) is 4.12. The van der Waals surface area contributed by atoms with E-state index >= 15 is 0 Å². The van der Waals surface area contributed by atoms with E-state index in [0.717, 1.165) is 27.9 Å². The summed E-state index contributed by atoms with van der Waals surface area (Å²) < 4.78 is 17.3. The van der Waals surface area contributed by atoms with E-state index in [1.54, 1.807) is 7.11 Å². The van der Waals surface area contributed by atoms with Gasteiger partial charge in [-0.25, -0.2) is 0 Å². The molecule has 0 bridgehead atoms. The van der Waals surface area contributed by atoms with E-state index in [1.165, 1.54) is 0 Å². The minimum absolute atomic E-state index is 0.0366. The maximum atomic E-state index is 9.95. The summed E-state index contributed by atoms with van der Waals surface area (Å²) in [6, 6.07) is 27.5. The summed E-state index contributed by atoms with van der Waals surface area (Å²) in [6.45, 7) is 0.411. The van der Waals surface area contributed by atoms with Crippen molar-refractivity contribution in [3.8, 4) is 34.7 Å². The van der Waals surface area contributed by atoms with Crippen LogP contribution in [0.1, 0.15) is 22.6 Å². The fourth-order valence-electron chi connectivity index (χ4n) is 4.12. The number of nitriles is 1. The van der Waals surface area contributed by atoms with Crippen molar-refractivity contribution in [2.45, 2.75) is 12.5 Å². The molecule has 0 aliphatic carbocycles. The molecule has 0 saturated heterocycles. The first-order chi connectivity index (χ1) is 16.7. The predicted octanol–water partition coefficient (Wildman–Crippen LogP) is 4.88. The molecular formula is C27H22N4O3. The van der Waals surface area contributed by atoms with Crippen molar-refractivity contribution in [2.24, 2.45) is 5.73 Å². The van der Waals surface area contributed by atoms with Crippen LogP contribution in [0.2, 0.25) is 0 Å². The van der Waals surface area contributed by atoms with Gasteiger partial charge in [0.2, 0.25) is 11.8 Å². The van der Waals surface area contributed by atoms with Gasteiger partial charge in [0.25, 0.3) is 0 Å². The smallest absolute Gasteiger partial charge is 0.244 e. The number of ether oxygens (including phenoxy) is 3. The lowest BCUT2D eigenvalue weighted by Gasteiger charge is -2.25. The number of methoxy groups -OCH3 is 1. The molecule has 3 aromatic carbocycles. The molecule has 168 valence electrons. The number of aromatic amines is 1. The largest absolute Gasteiger partial charge is 0.493 e. The second-order valence-electron chi connectivity index (χ2n) is 7.79. The minimum atomic E-state index is -0.486. The first-order valence-corrected chi connectivity index (χ1v) is 10.8. The molecule has 1 aliphatic rings. The summed E-state index contributed by atoms with van der Waals surface area (Å²) in [6.07, 6.45) is 0. The molecule has 0 spiro atoms. The molecule has 4 aromatic rings. The lowest BCUT2D eigenvalue weighted by Crippen LogP contribution is -2.21. The highest BCUT2D eigenvalue weighted by molar-refractivity contribution is 5.71. The normalized spacial score (nSPS) is 14.6. The topological polar surface area (TPSA) is 106 Å². The Labute approximate surface area is 197 Å². The molecule has 0 unspecified atom stereocenters. The Morgan fingerprint density at radius 3 is 2.47 bits per heavy atom. The molecule has 7 nitrogen and oxygen atoms in total. The van der Waals surface area contributed by atoms with Crippen molar-refractivity contribution in [3.05, 3.63) is 107 Å². The van der Waals surface area contributed by atoms with Crippen molar-refractivity contribution in [2.75, 3.05) is 7.11 Å². The molecule has 1 aliphatic heterocycles. The number of benzene rings is 3. The van der Waals surface area contributed by atoms with Gasteiger partial charge in [-0.2, -0.15) is 5.26 Å². The number of allylic oxidation sites excluding steroid dienone is 1. The monoisotopic (exact) mass is 450 g/mol. The summed E-state index contributed by atoms with van der Waals surface area (Å²) in [7, 11) is 1.59. The second-order valence-corrected chi connectivity index (χ2v) is 7.79. The molecule has 1 aromatic heterocycles. The number of nitrogens with one attached hydrogen (secondary N) is 1. The van der Waals surface area contributed by atoms with E-state index in [4.69, 9.17) is 19.9 Å². The van der Waals surface area contributed by atoms with Crippen molar-refractivity contribution >= 4 is 0 Å². The third-order valence-corrected chi connectivity index (χ3v) is 5.76. The number of hydrogen-bond donors (Lipinski definition) is 2. The molecule has 34 heavy (non-hydrogen) atoms. The van der Waals surface area contributed by atoms with Gasteiger partial charge in [-0.3, -0.25) is 5.10 Å². The van der Waals surface area contributed by atoms with Crippen molar-refractivity contribution in [3.63, 3.8) is 0 Å². The van der Waals surface area contributed by atoms with Gasteiger partial charge in [0.15, 0.2) is 11.5 Å². The Balaban J connectivity index is 1.56. The number of hydrogen-bond acceptors (Lipinski definition) is 6. The third-order valence-electron chi connectivity index (χ3n) is 5.76. The molecule has 7 heteroatoms. The quantitative estimate of drug-likeness (QED) is 0.434. The highest BCUT2D eigenvalue weighted by Crippen LogP contribution is 2.47. The lowest BCUT2D eigenvalue weighted by molar-refractivity contribution is 0.284. The van der Waals surface area contributed by atoms with Gasteiger partial charge in [0.05, 0.1) is 24.3 Å². The number of nitrogens with zero attached hydrogens (tertiary/aromatic N) is 2. The van der Waals surface area contributed by atoms with E-state index in [0.29, 0.717) is 29.6 Å². The molecule has 0 amide bonds. The molecule has 2 heterocycles. The van der Waals surface area contributed by atoms with Gasteiger partial charge in [-0.15, -0.1) is 5.10 Å². The van der Waals surface area contributed by atoms with Gasteiger partial charge in [0, 0.05) is 0 Å². The average molecular weight is 450 g/mol. The molecule has 0 radical (unpaired) electrons. The molecule has 0 saturated carbocycles. The van der Waals surface area contributed by atoms with E-state index in [2.05, 4.69) is 16.3 Å². The highest BCUT2D eigenvalue weighted by Gasteiger charge is 2.36. The van der Waals surface area contributed by atoms with Crippen LogP contribution < -0.4 is 19.9 Å². The maximum absolute atomic E-state index is 9.95. The number of nitrogens with two attached hydrogens (primary N) is 1. The van der Waals surface area contributed by atoms with E-state index in [-0.39, 0.29) is 5.88 Å². The minimum Gasteiger partial charge on any atom is -0.493 e. The van der Waals surface area contributed by atoms with Crippen LogP contribution in [0.4, 0.5) is 0 Å². The number of rotatable bonds is 6. The zero-order valence-corrected chi connectivity index (χ0v) is 18.5. The van der Waals surface area contributed by atoms with E-state index in [9.17, 15) is 5.26 Å². The average Bonchev–Trinajstić information content (AvgIpc) is 3.31. The van der Waals surface area contributed by atoms with Gasteiger partial charge in [-0.05, 0) is 28.8 Å². The zero-order chi connectivity index (χ0) is 23.5. The van der Waals surface area contributed by atoms with E-state index < -0.39 is 5.92 Å². The summed E-state index contributed by atoms with van der Waals surface area (Å²) in [5, 5.41) is 17.3. The standard InChI is InChI=1S/C27H22N4O3/c1-32-22-14-19(12-13-21(22)33-16-17-8-4-2-5-9-17)23-20(15-28)26(29)34-27-24(23)25(30-31-27)18-10-6-3-7-11-18/h2-14,23H,16,29H2,1H3,(H,30,31)/t23-/m0/s1. The zero-order valence-electron chi connectivity index (χ0n) is 18.5. The second kappa shape index (κ2) is 9.04. The van der Waals surface area contributed by atoms with Crippen LogP contribution in [0.25, 0.3) is 11.3 Å². The number of H-pyrrole nitrogens is 1. The van der Waals surface area contributed by atoms with Crippen LogP contribution in [0.15, 0.2) is 90.3 Å². The van der Waals surface area contributed by atoms with Crippen LogP contribution >= 0.6 is 0 Å². The number of aromatic nitrogens is 2. The van der Waals surface area contributed by atoms with Gasteiger partial charge >= 0.3 is 0 Å². The van der Waals surface area contributed by atoms with Gasteiger partial charge in [-0.1, -0.05) is 66.7 Å². The molecule has 1 atom stereocenters. The van der Waals surface area contributed by atoms with Crippen LogP contribution in [-0.4, -0.2) is 17.3 Å². The van der Waals surface area contributed by atoms with Gasteiger partial charge in [0.1, 0.15) is 18.2 Å². The summed E-state index contributed by atoms with van der Waals surface area (Å²) >= 11 is 0. The highest BCUT2D eigenvalue weighted by atomic mass is 16.5. The Kier molecular flexibility index (Phi) is 5.63. The Morgan fingerprint density at radius 2 is 1.76 bits per heavy atom. The van der Waals surface area contributed by atoms with E-state index in [1.807, 2.05) is 78.9 Å². The Hall–Kier alpha value is -4.70. The van der Waals surface area contributed by atoms with Crippen LogP contribution in [0.5, 0.6) is 17.4 Å². The lowest BCUT2D eigenvalue weighted by atomic mass is 9.83. The summed E-state index contributed by atoms with van der Waals surface area (Å²) in [5.41, 5.74) is 10.7. The van der Waals surface area contributed by atoms with Crippen molar-refractivity contribution in [1.29, 1.82) is 5.26 Å². The molecule has 5 rings (SSSR count). The number of fused-ring (bicyclic) bond motifs is 1. The van der Waals surface area contributed by atoms with Crippen LogP contribution in [-0.2, 0) is 6.61 Å². The Morgan fingerprint density at radius 1 is 1.03 bits per heavy atom. The van der Waals surface area contributed by atoms with Gasteiger partial charge < -0.3 is 19.9 Å². The van der Waals surface area contributed by atoms with Crippen molar-refractivity contribution < 1.29 is 14.2 Å². The predicted molar refractivity (Wildman–Crippen MR) is 127 cm³/mol. The van der Waals surface area contributed by atoms with Crippen molar-refractivity contribution in [1.82, 2.24) is 10.2 Å². The maximum Gasteiger partial charge on any atom is 0.244 e. The SMILES string of the molecule is COc1cc([C@H]2C(C#N)=C(N)Oc3n[nH]c(-c4ccccc4)c32)ccc1OCc1ccccc1. The summed E-state index contributed by atoms with van der Waals surface area (Å²) in [4.78, 5) is 0. The molecule has 0 fully saturated rings. The molecule has 3 N–H and O–H groups in total. The van der Waals surface area contributed by atoms with Crippen LogP contribution in [0, 0.1) is 11.3 Å². The Bertz CT molecular complexity index is 1390. The fraction of sp³-hybridized carbons (Fsp3) is 0.111.